The molecule has 2 nitrogen and oxygen atoms in total. The van der Waals surface area contributed by atoms with Crippen LogP contribution in [0.1, 0.15) is 67.2 Å². The van der Waals surface area contributed by atoms with Crippen LogP contribution in [-0.4, -0.2) is 21.4 Å². The second kappa shape index (κ2) is 4.97. The van der Waals surface area contributed by atoms with Gasteiger partial charge in [0.05, 0.1) is 11.2 Å². The molecule has 2 atom stereocenters. The van der Waals surface area contributed by atoms with Gasteiger partial charge in [-0.05, 0) is 57.8 Å². The van der Waals surface area contributed by atoms with Crippen LogP contribution in [0.4, 0.5) is 0 Å². The first kappa shape index (κ1) is 15.7. The third-order valence-corrected chi connectivity index (χ3v) is 4.62. The summed E-state index contributed by atoms with van der Waals surface area (Å²) in [5.41, 5.74) is -0.453. The predicted octanol–water partition coefficient (Wildman–Crippen LogP) is 3.67. The summed E-state index contributed by atoms with van der Waals surface area (Å²) < 4.78 is 0. The molecule has 2 N–H and O–H groups in total. The van der Waals surface area contributed by atoms with E-state index in [1.54, 1.807) is 20.8 Å². The molecule has 18 heavy (non-hydrogen) atoms. The Morgan fingerprint density at radius 3 is 2.00 bits per heavy atom. The van der Waals surface area contributed by atoms with E-state index in [9.17, 15) is 10.2 Å². The summed E-state index contributed by atoms with van der Waals surface area (Å²) in [5, 5.41) is 20.3. The van der Waals surface area contributed by atoms with E-state index >= 15 is 0 Å². The Balaban J connectivity index is 2.65. The molecule has 2 heteroatoms. The fourth-order valence-corrected chi connectivity index (χ4v) is 2.49. The predicted molar refractivity (Wildman–Crippen MR) is 76.4 cm³/mol. The lowest BCUT2D eigenvalue weighted by molar-refractivity contribution is -0.119. The van der Waals surface area contributed by atoms with Gasteiger partial charge in [-0.15, -0.1) is 0 Å². The molecule has 0 fully saturated rings. The lowest BCUT2D eigenvalue weighted by Crippen LogP contribution is -2.47. The summed E-state index contributed by atoms with van der Waals surface area (Å²) in [6, 6.07) is 0. The Hall–Kier alpha value is -0.340. The molecule has 0 radical (unpaired) electrons. The van der Waals surface area contributed by atoms with Gasteiger partial charge in [0.25, 0.3) is 0 Å². The summed E-state index contributed by atoms with van der Waals surface area (Å²) in [5.74, 6) is 0.730. The standard InChI is InChI=1S/C16H30O2/c1-14(2,3)13-9-7-12(8-10-13)11-16(6,18)15(4,5)17/h7,13,17-18H,8-11H2,1-6H3. The van der Waals surface area contributed by atoms with Crippen LogP contribution < -0.4 is 0 Å². The Morgan fingerprint density at radius 2 is 1.67 bits per heavy atom. The quantitative estimate of drug-likeness (QED) is 0.754. The summed E-state index contributed by atoms with van der Waals surface area (Å²) >= 11 is 0. The zero-order chi connectivity index (χ0) is 14.2. The topological polar surface area (TPSA) is 40.5 Å². The molecule has 0 aromatic rings. The number of aliphatic hydroxyl groups is 2. The summed E-state index contributed by atoms with van der Waals surface area (Å²) in [4.78, 5) is 0. The van der Waals surface area contributed by atoms with E-state index in [2.05, 4.69) is 26.8 Å². The Kier molecular flexibility index (Phi) is 4.34. The third kappa shape index (κ3) is 3.83. The normalized spacial score (nSPS) is 25.6. The molecule has 0 bridgehead atoms. The van der Waals surface area contributed by atoms with Crippen molar-refractivity contribution in [3.05, 3.63) is 11.6 Å². The van der Waals surface area contributed by atoms with Crippen molar-refractivity contribution in [2.75, 3.05) is 0 Å². The minimum atomic E-state index is -1.06. The Morgan fingerprint density at radius 1 is 1.11 bits per heavy atom. The van der Waals surface area contributed by atoms with Gasteiger partial charge in [0.15, 0.2) is 0 Å². The number of hydrogen-bond donors (Lipinski definition) is 2. The highest BCUT2D eigenvalue weighted by Gasteiger charge is 2.38. The smallest absolute Gasteiger partial charge is 0.0936 e. The summed E-state index contributed by atoms with van der Waals surface area (Å²) in [6.07, 6.45) is 6.19. The van der Waals surface area contributed by atoms with E-state index in [1.165, 1.54) is 12.0 Å². The van der Waals surface area contributed by atoms with Crippen LogP contribution in [0.25, 0.3) is 0 Å². The van der Waals surface area contributed by atoms with Crippen molar-refractivity contribution >= 4 is 0 Å². The SMILES string of the molecule is CC(C)(C)C1CC=C(CC(C)(O)C(C)(C)O)CC1. The first-order valence-electron chi connectivity index (χ1n) is 7.06. The molecule has 2 unspecified atom stereocenters. The van der Waals surface area contributed by atoms with Gasteiger partial charge in [0, 0.05) is 0 Å². The maximum atomic E-state index is 10.3. The van der Waals surface area contributed by atoms with Crippen molar-refractivity contribution < 1.29 is 10.2 Å². The molecule has 0 amide bonds. The van der Waals surface area contributed by atoms with Crippen LogP contribution >= 0.6 is 0 Å². The minimum absolute atomic E-state index is 0.362. The molecular weight excluding hydrogens is 224 g/mol. The monoisotopic (exact) mass is 254 g/mol. The van der Waals surface area contributed by atoms with E-state index in [1.807, 2.05) is 0 Å². The zero-order valence-electron chi connectivity index (χ0n) is 12.9. The average Bonchev–Trinajstić information content (AvgIpc) is 2.14. The van der Waals surface area contributed by atoms with Crippen LogP contribution in [0.15, 0.2) is 11.6 Å². The molecule has 0 heterocycles. The molecule has 106 valence electrons. The molecule has 0 aromatic heterocycles. The fourth-order valence-electron chi connectivity index (χ4n) is 2.49. The highest BCUT2D eigenvalue weighted by molar-refractivity contribution is 5.13. The molecule has 0 aromatic carbocycles. The lowest BCUT2D eigenvalue weighted by atomic mass is 9.71. The second-order valence-electron chi connectivity index (χ2n) is 7.71. The Labute approximate surface area is 112 Å². The van der Waals surface area contributed by atoms with Crippen LogP contribution in [0.2, 0.25) is 0 Å². The third-order valence-electron chi connectivity index (χ3n) is 4.62. The molecule has 0 spiro atoms. The average molecular weight is 254 g/mol. The molecule has 1 rings (SSSR count). The van der Waals surface area contributed by atoms with Gasteiger partial charge in [0.1, 0.15) is 0 Å². The van der Waals surface area contributed by atoms with Crippen LogP contribution in [-0.2, 0) is 0 Å². The van der Waals surface area contributed by atoms with Crippen molar-refractivity contribution in [3.63, 3.8) is 0 Å². The largest absolute Gasteiger partial charge is 0.387 e. The van der Waals surface area contributed by atoms with Crippen molar-refractivity contribution in [2.24, 2.45) is 11.3 Å². The number of rotatable bonds is 3. The van der Waals surface area contributed by atoms with Gasteiger partial charge >= 0.3 is 0 Å². The van der Waals surface area contributed by atoms with Crippen LogP contribution in [0.3, 0.4) is 0 Å². The zero-order valence-corrected chi connectivity index (χ0v) is 12.9. The van der Waals surface area contributed by atoms with Crippen LogP contribution in [0.5, 0.6) is 0 Å². The molecule has 0 saturated heterocycles. The lowest BCUT2D eigenvalue weighted by Gasteiger charge is -2.38. The summed E-state index contributed by atoms with van der Waals surface area (Å²) in [6.45, 7) is 12.0. The summed E-state index contributed by atoms with van der Waals surface area (Å²) in [7, 11) is 0. The highest BCUT2D eigenvalue weighted by atomic mass is 16.3. The van der Waals surface area contributed by atoms with E-state index in [0.29, 0.717) is 11.8 Å². The van der Waals surface area contributed by atoms with Gasteiger partial charge < -0.3 is 10.2 Å². The van der Waals surface area contributed by atoms with Crippen LogP contribution in [0, 0.1) is 11.3 Å². The van der Waals surface area contributed by atoms with Gasteiger partial charge in [-0.25, -0.2) is 0 Å². The number of hydrogen-bond acceptors (Lipinski definition) is 2. The number of allylic oxidation sites excluding steroid dienone is 1. The molecule has 1 aliphatic carbocycles. The maximum Gasteiger partial charge on any atom is 0.0936 e. The maximum absolute atomic E-state index is 10.3. The highest BCUT2D eigenvalue weighted by Crippen LogP contribution is 2.39. The van der Waals surface area contributed by atoms with Gasteiger partial charge in [-0.1, -0.05) is 32.4 Å². The molecular formula is C16H30O2. The van der Waals surface area contributed by atoms with Crippen molar-refractivity contribution in [2.45, 2.75) is 78.4 Å². The Bertz CT molecular complexity index is 313. The van der Waals surface area contributed by atoms with Gasteiger partial charge in [-0.3, -0.25) is 0 Å². The van der Waals surface area contributed by atoms with E-state index in [-0.39, 0.29) is 0 Å². The minimum Gasteiger partial charge on any atom is -0.387 e. The van der Waals surface area contributed by atoms with E-state index in [4.69, 9.17) is 0 Å². The van der Waals surface area contributed by atoms with Crippen molar-refractivity contribution in [3.8, 4) is 0 Å². The molecule has 0 aliphatic heterocycles. The van der Waals surface area contributed by atoms with Crippen molar-refractivity contribution in [1.29, 1.82) is 0 Å². The van der Waals surface area contributed by atoms with Gasteiger partial charge in [-0.2, -0.15) is 0 Å². The van der Waals surface area contributed by atoms with E-state index in [0.717, 1.165) is 18.8 Å². The first-order valence-corrected chi connectivity index (χ1v) is 7.06. The fraction of sp³-hybridized carbons (Fsp3) is 0.875. The first-order chi connectivity index (χ1) is 7.93. The van der Waals surface area contributed by atoms with Gasteiger partial charge in [0.2, 0.25) is 0 Å². The molecule has 0 saturated carbocycles. The molecule has 1 aliphatic rings. The second-order valence-corrected chi connectivity index (χ2v) is 7.71. The van der Waals surface area contributed by atoms with E-state index < -0.39 is 11.2 Å². The van der Waals surface area contributed by atoms with Crippen molar-refractivity contribution in [1.82, 2.24) is 0 Å².